The first-order valence-corrected chi connectivity index (χ1v) is 6.42. The van der Waals surface area contributed by atoms with E-state index in [0.717, 1.165) is 25.3 Å². The van der Waals surface area contributed by atoms with Crippen LogP contribution < -0.4 is 5.73 Å². The van der Waals surface area contributed by atoms with Crippen molar-refractivity contribution in [3.05, 3.63) is 35.4 Å². The van der Waals surface area contributed by atoms with E-state index >= 15 is 0 Å². The fourth-order valence-electron chi connectivity index (χ4n) is 2.97. The average molecular weight is 253 g/mol. The van der Waals surface area contributed by atoms with Crippen LogP contribution in [-0.4, -0.2) is 18.2 Å². The van der Waals surface area contributed by atoms with E-state index in [4.69, 9.17) is 10.5 Å². The third-order valence-corrected chi connectivity index (χ3v) is 3.94. The molecule has 0 radical (unpaired) electrons. The molecule has 98 valence electrons. The van der Waals surface area contributed by atoms with Gasteiger partial charge in [0, 0.05) is 18.2 Å². The number of benzene rings is 1. The van der Waals surface area contributed by atoms with Gasteiger partial charge in [0.25, 0.3) is 0 Å². The molecule has 2 aliphatic rings. The maximum atomic E-state index is 13.2. The molecule has 1 aromatic carbocycles. The molecule has 18 heavy (non-hydrogen) atoms. The summed E-state index contributed by atoms with van der Waals surface area (Å²) in [7, 11) is 0. The lowest BCUT2D eigenvalue weighted by molar-refractivity contribution is 0.0626. The lowest BCUT2D eigenvalue weighted by atomic mass is 9.83. The summed E-state index contributed by atoms with van der Waals surface area (Å²) < 4.78 is 32.1. The molecule has 1 aliphatic carbocycles. The van der Waals surface area contributed by atoms with E-state index < -0.39 is 17.2 Å². The number of halogens is 2. The second-order valence-corrected chi connectivity index (χ2v) is 5.57. The highest BCUT2D eigenvalue weighted by Crippen LogP contribution is 2.43. The number of hydrogen-bond acceptors (Lipinski definition) is 2. The third-order valence-electron chi connectivity index (χ3n) is 3.94. The second kappa shape index (κ2) is 4.28. The van der Waals surface area contributed by atoms with Crippen LogP contribution in [-0.2, 0) is 11.2 Å². The van der Waals surface area contributed by atoms with E-state index in [-0.39, 0.29) is 6.10 Å². The fraction of sp³-hybridized carbons (Fsp3) is 0.571. The lowest BCUT2D eigenvalue weighted by Gasteiger charge is -2.30. The average Bonchev–Trinajstić information content (AvgIpc) is 3.01. The minimum atomic E-state index is -0.546. The summed E-state index contributed by atoms with van der Waals surface area (Å²) in [5.41, 5.74) is 6.55. The van der Waals surface area contributed by atoms with Crippen LogP contribution in [0.25, 0.3) is 0 Å². The number of rotatable bonds is 3. The van der Waals surface area contributed by atoms with Crippen LogP contribution in [0.2, 0.25) is 0 Å². The Bertz CT molecular complexity index is 441. The van der Waals surface area contributed by atoms with Crippen LogP contribution in [0, 0.1) is 17.6 Å². The molecular weight excluding hydrogens is 236 g/mol. The van der Waals surface area contributed by atoms with Crippen LogP contribution in [0.15, 0.2) is 18.2 Å². The van der Waals surface area contributed by atoms with Gasteiger partial charge in [0.05, 0.1) is 6.10 Å². The van der Waals surface area contributed by atoms with E-state index in [9.17, 15) is 8.78 Å². The standard InChI is InChI=1S/C14H17F2NO/c15-11-5-9(6-12(16)7-11)8-14(17)3-4-18-13(14)10-1-2-10/h5-7,10,13H,1-4,8,17H2. The topological polar surface area (TPSA) is 35.2 Å². The highest BCUT2D eigenvalue weighted by Gasteiger charge is 2.48. The maximum absolute atomic E-state index is 13.2. The zero-order chi connectivity index (χ0) is 12.8. The molecule has 1 aliphatic heterocycles. The van der Waals surface area contributed by atoms with Gasteiger partial charge in [-0.05, 0) is 49.3 Å². The SMILES string of the molecule is NC1(Cc2cc(F)cc(F)c2)CCOC1C1CC1. The predicted octanol–water partition coefficient (Wildman–Crippen LogP) is 2.40. The third kappa shape index (κ3) is 2.27. The normalized spacial score (nSPS) is 31.8. The summed E-state index contributed by atoms with van der Waals surface area (Å²) in [6.45, 7) is 0.648. The first kappa shape index (κ1) is 12.1. The smallest absolute Gasteiger partial charge is 0.126 e. The molecule has 2 unspecified atom stereocenters. The Balaban J connectivity index is 1.81. The lowest BCUT2D eigenvalue weighted by Crippen LogP contribution is -2.50. The Kier molecular flexibility index (Phi) is 2.87. The van der Waals surface area contributed by atoms with E-state index in [0.29, 0.717) is 24.5 Å². The molecule has 2 fully saturated rings. The molecule has 0 bridgehead atoms. The van der Waals surface area contributed by atoms with Gasteiger partial charge in [0.15, 0.2) is 0 Å². The minimum Gasteiger partial charge on any atom is -0.376 e. The van der Waals surface area contributed by atoms with Crippen LogP contribution in [0.5, 0.6) is 0 Å². The van der Waals surface area contributed by atoms with Gasteiger partial charge < -0.3 is 10.5 Å². The van der Waals surface area contributed by atoms with Crippen molar-refractivity contribution in [3.8, 4) is 0 Å². The molecule has 1 saturated carbocycles. The summed E-state index contributed by atoms with van der Waals surface area (Å²) in [5, 5.41) is 0. The molecule has 0 aromatic heterocycles. The van der Waals surface area contributed by atoms with Crippen LogP contribution in [0.1, 0.15) is 24.8 Å². The van der Waals surface area contributed by atoms with Crippen molar-refractivity contribution in [1.29, 1.82) is 0 Å². The first-order chi connectivity index (χ1) is 8.57. The molecule has 4 heteroatoms. The van der Waals surface area contributed by atoms with Gasteiger partial charge in [0.1, 0.15) is 11.6 Å². The van der Waals surface area contributed by atoms with Gasteiger partial charge in [0.2, 0.25) is 0 Å². The summed E-state index contributed by atoms with van der Waals surface area (Å²) in [6.07, 6.45) is 3.58. The van der Waals surface area contributed by atoms with Crippen molar-refractivity contribution in [3.63, 3.8) is 0 Å². The van der Waals surface area contributed by atoms with E-state index in [1.165, 1.54) is 12.1 Å². The van der Waals surface area contributed by atoms with E-state index in [2.05, 4.69) is 0 Å². The van der Waals surface area contributed by atoms with Crippen molar-refractivity contribution in [1.82, 2.24) is 0 Å². The van der Waals surface area contributed by atoms with Crippen LogP contribution in [0.3, 0.4) is 0 Å². The van der Waals surface area contributed by atoms with Crippen molar-refractivity contribution >= 4 is 0 Å². The van der Waals surface area contributed by atoms with Gasteiger partial charge in [-0.1, -0.05) is 0 Å². The molecule has 1 saturated heterocycles. The van der Waals surface area contributed by atoms with E-state index in [1.807, 2.05) is 0 Å². The largest absolute Gasteiger partial charge is 0.376 e. The molecule has 3 rings (SSSR count). The van der Waals surface area contributed by atoms with Gasteiger partial charge in [-0.25, -0.2) is 8.78 Å². The number of hydrogen-bond donors (Lipinski definition) is 1. The van der Waals surface area contributed by atoms with Gasteiger partial charge >= 0.3 is 0 Å². The molecule has 1 aromatic rings. The Hall–Kier alpha value is -1.00. The summed E-state index contributed by atoms with van der Waals surface area (Å²) in [6, 6.07) is 3.61. The van der Waals surface area contributed by atoms with Gasteiger partial charge in [-0.15, -0.1) is 0 Å². The minimum absolute atomic E-state index is 0.0452. The van der Waals surface area contributed by atoms with E-state index in [1.54, 1.807) is 0 Å². The summed E-state index contributed by atoms with van der Waals surface area (Å²) in [5.74, 6) is -0.554. The summed E-state index contributed by atoms with van der Waals surface area (Å²) >= 11 is 0. The van der Waals surface area contributed by atoms with Crippen molar-refractivity contribution in [2.45, 2.75) is 37.3 Å². The van der Waals surface area contributed by atoms with Gasteiger partial charge in [-0.2, -0.15) is 0 Å². The van der Waals surface area contributed by atoms with Crippen molar-refractivity contribution in [2.24, 2.45) is 11.7 Å². The molecule has 0 amide bonds. The Morgan fingerprint density at radius 3 is 2.50 bits per heavy atom. The highest BCUT2D eigenvalue weighted by molar-refractivity contribution is 5.22. The van der Waals surface area contributed by atoms with Crippen molar-refractivity contribution in [2.75, 3.05) is 6.61 Å². The highest BCUT2D eigenvalue weighted by atomic mass is 19.1. The molecule has 1 heterocycles. The van der Waals surface area contributed by atoms with Crippen LogP contribution >= 0.6 is 0 Å². The van der Waals surface area contributed by atoms with Crippen LogP contribution in [0.4, 0.5) is 8.78 Å². The first-order valence-electron chi connectivity index (χ1n) is 6.42. The molecule has 0 spiro atoms. The zero-order valence-corrected chi connectivity index (χ0v) is 10.2. The summed E-state index contributed by atoms with van der Waals surface area (Å²) in [4.78, 5) is 0. The monoisotopic (exact) mass is 253 g/mol. The molecule has 2 nitrogen and oxygen atoms in total. The van der Waals surface area contributed by atoms with Gasteiger partial charge in [-0.3, -0.25) is 0 Å². The number of nitrogens with two attached hydrogens (primary N) is 1. The molecular formula is C14H17F2NO. The zero-order valence-electron chi connectivity index (χ0n) is 10.2. The quantitative estimate of drug-likeness (QED) is 0.897. The predicted molar refractivity (Wildman–Crippen MR) is 64.1 cm³/mol. The maximum Gasteiger partial charge on any atom is 0.126 e. The Labute approximate surface area is 105 Å². The Morgan fingerprint density at radius 2 is 1.89 bits per heavy atom. The molecule has 2 N–H and O–H groups in total. The number of ether oxygens (including phenoxy) is 1. The van der Waals surface area contributed by atoms with Crippen molar-refractivity contribution < 1.29 is 13.5 Å². The second-order valence-electron chi connectivity index (χ2n) is 5.57. The Morgan fingerprint density at radius 1 is 1.22 bits per heavy atom. The molecule has 2 atom stereocenters. The fourth-order valence-corrected chi connectivity index (χ4v) is 2.97.